The van der Waals surface area contributed by atoms with E-state index in [4.69, 9.17) is 14.6 Å². The second kappa shape index (κ2) is 6.61. The van der Waals surface area contributed by atoms with Gasteiger partial charge in [0.2, 0.25) is 5.91 Å². The first-order valence-corrected chi connectivity index (χ1v) is 5.37. The SMILES string of the molecule is CCOCC(=O)Nc1ccc(C(=O)O)c(OC)c1. The molecular weight excluding hydrogens is 238 g/mol. The van der Waals surface area contributed by atoms with Crippen LogP contribution < -0.4 is 10.1 Å². The molecule has 18 heavy (non-hydrogen) atoms. The number of rotatable bonds is 6. The zero-order valence-electron chi connectivity index (χ0n) is 10.2. The Balaban J connectivity index is 2.79. The number of carbonyl (C=O) groups is 2. The Hall–Kier alpha value is -2.08. The van der Waals surface area contributed by atoms with Crippen LogP contribution in [0.1, 0.15) is 17.3 Å². The van der Waals surface area contributed by atoms with E-state index in [1.165, 1.54) is 25.3 Å². The zero-order chi connectivity index (χ0) is 13.5. The van der Waals surface area contributed by atoms with Crippen molar-refractivity contribution < 1.29 is 24.2 Å². The number of nitrogens with one attached hydrogen (secondary N) is 1. The number of carbonyl (C=O) groups excluding carboxylic acids is 1. The number of benzene rings is 1. The lowest BCUT2D eigenvalue weighted by Gasteiger charge is -2.09. The molecule has 0 saturated heterocycles. The fourth-order valence-electron chi connectivity index (χ4n) is 1.34. The summed E-state index contributed by atoms with van der Waals surface area (Å²) < 4.78 is 9.90. The Bertz CT molecular complexity index is 444. The molecule has 0 aliphatic rings. The summed E-state index contributed by atoms with van der Waals surface area (Å²) in [5.74, 6) is -1.20. The maximum atomic E-state index is 11.4. The van der Waals surface area contributed by atoms with Crippen LogP contribution in [0.2, 0.25) is 0 Å². The number of amides is 1. The van der Waals surface area contributed by atoms with Crippen molar-refractivity contribution in [3.05, 3.63) is 23.8 Å². The van der Waals surface area contributed by atoms with Crippen LogP contribution in [0.5, 0.6) is 5.75 Å². The van der Waals surface area contributed by atoms with E-state index in [9.17, 15) is 9.59 Å². The molecule has 2 N–H and O–H groups in total. The van der Waals surface area contributed by atoms with Crippen molar-refractivity contribution in [1.29, 1.82) is 0 Å². The lowest BCUT2D eigenvalue weighted by molar-refractivity contribution is -0.120. The van der Waals surface area contributed by atoms with Gasteiger partial charge in [-0.25, -0.2) is 4.79 Å². The van der Waals surface area contributed by atoms with Crippen LogP contribution in [-0.2, 0) is 9.53 Å². The molecule has 1 rings (SSSR count). The molecule has 0 radical (unpaired) electrons. The number of hydrogen-bond donors (Lipinski definition) is 2. The van der Waals surface area contributed by atoms with Crippen LogP contribution in [0.15, 0.2) is 18.2 Å². The van der Waals surface area contributed by atoms with Gasteiger partial charge in [-0.15, -0.1) is 0 Å². The predicted molar refractivity (Wildman–Crippen MR) is 65.1 cm³/mol. The largest absolute Gasteiger partial charge is 0.496 e. The molecule has 0 fully saturated rings. The number of methoxy groups -OCH3 is 1. The smallest absolute Gasteiger partial charge is 0.339 e. The molecule has 6 heteroatoms. The van der Waals surface area contributed by atoms with Gasteiger partial charge in [-0.05, 0) is 19.1 Å². The average Bonchev–Trinajstić information content (AvgIpc) is 2.35. The second-order valence-electron chi connectivity index (χ2n) is 3.41. The molecule has 0 bridgehead atoms. The van der Waals surface area contributed by atoms with E-state index < -0.39 is 5.97 Å². The first-order valence-electron chi connectivity index (χ1n) is 5.37. The number of hydrogen-bond acceptors (Lipinski definition) is 4. The van der Waals surface area contributed by atoms with E-state index in [0.29, 0.717) is 12.3 Å². The molecule has 1 amide bonds. The van der Waals surface area contributed by atoms with Gasteiger partial charge in [0.15, 0.2) is 0 Å². The molecule has 0 aliphatic carbocycles. The number of aromatic carboxylic acids is 1. The van der Waals surface area contributed by atoms with E-state index in [1.54, 1.807) is 6.92 Å². The molecule has 98 valence electrons. The Morgan fingerprint density at radius 2 is 2.11 bits per heavy atom. The molecule has 1 aromatic carbocycles. The normalized spacial score (nSPS) is 9.89. The van der Waals surface area contributed by atoms with Crippen LogP contribution in [0.25, 0.3) is 0 Å². The summed E-state index contributed by atoms with van der Waals surface area (Å²) >= 11 is 0. The third kappa shape index (κ3) is 3.74. The molecule has 0 atom stereocenters. The lowest BCUT2D eigenvalue weighted by atomic mass is 10.2. The number of ether oxygens (including phenoxy) is 2. The van der Waals surface area contributed by atoms with E-state index in [2.05, 4.69) is 5.32 Å². The highest BCUT2D eigenvalue weighted by Crippen LogP contribution is 2.23. The van der Waals surface area contributed by atoms with Crippen molar-refractivity contribution in [2.24, 2.45) is 0 Å². The molecular formula is C12H15NO5. The van der Waals surface area contributed by atoms with E-state index in [-0.39, 0.29) is 23.8 Å². The molecule has 1 aromatic rings. The van der Waals surface area contributed by atoms with E-state index in [1.807, 2.05) is 0 Å². The fraction of sp³-hybridized carbons (Fsp3) is 0.333. The fourth-order valence-corrected chi connectivity index (χ4v) is 1.34. The molecule has 0 spiro atoms. The monoisotopic (exact) mass is 253 g/mol. The van der Waals surface area contributed by atoms with E-state index in [0.717, 1.165) is 0 Å². The molecule has 0 saturated carbocycles. The summed E-state index contributed by atoms with van der Waals surface area (Å²) in [5, 5.41) is 11.5. The van der Waals surface area contributed by atoms with Crippen molar-refractivity contribution in [2.75, 3.05) is 25.6 Å². The van der Waals surface area contributed by atoms with Crippen molar-refractivity contribution in [2.45, 2.75) is 6.92 Å². The van der Waals surface area contributed by atoms with Crippen LogP contribution in [0.3, 0.4) is 0 Å². The Labute approximate surface area is 105 Å². The molecule has 0 aliphatic heterocycles. The van der Waals surface area contributed by atoms with Gasteiger partial charge in [-0.3, -0.25) is 4.79 Å². The van der Waals surface area contributed by atoms with Gasteiger partial charge < -0.3 is 19.9 Å². The summed E-state index contributed by atoms with van der Waals surface area (Å²) in [7, 11) is 1.37. The van der Waals surface area contributed by atoms with Crippen molar-refractivity contribution in [1.82, 2.24) is 0 Å². The summed E-state index contributed by atoms with van der Waals surface area (Å²) in [6.45, 7) is 2.20. The standard InChI is InChI=1S/C12H15NO5/c1-3-18-7-11(14)13-8-4-5-9(12(15)16)10(6-8)17-2/h4-6H,3,7H2,1-2H3,(H,13,14)(H,15,16). The topological polar surface area (TPSA) is 84.9 Å². The molecule has 0 aromatic heterocycles. The summed E-state index contributed by atoms with van der Waals surface area (Å²) in [5.41, 5.74) is 0.502. The van der Waals surface area contributed by atoms with Gasteiger partial charge in [0.1, 0.15) is 17.9 Å². The van der Waals surface area contributed by atoms with Gasteiger partial charge in [-0.2, -0.15) is 0 Å². The Morgan fingerprint density at radius 3 is 2.67 bits per heavy atom. The molecule has 0 unspecified atom stereocenters. The highest BCUT2D eigenvalue weighted by atomic mass is 16.5. The van der Waals surface area contributed by atoms with Crippen LogP contribution in [0, 0.1) is 0 Å². The third-order valence-electron chi connectivity index (χ3n) is 2.15. The second-order valence-corrected chi connectivity index (χ2v) is 3.41. The van der Waals surface area contributed by atoms with Gasteiger partial charge >= 0.3 is 5.97 Å². The summed E-state index contributed by atoms with van der Waals surface area (Å²) in [6.07, 6.45) is 0. The minimum absolute atomic E-state index is 0.0420. The van der Waals surface area contributed by atoms with Gasteiger partial charge in [0, 0.05) is 18.4 Å². The zero-order valence-corrected chi connectivity index (χ0v) is 10.2. The Morgan fingerprint density at radius 1 is 1.39 bits per heavy atom. The van der Waals surface area contributed by atoms with Gasteiger partial charge in [-0.1, -0.05) is 0 Å². The van der Waals surface area contributed by atoms with Crippen LogP contribution in [0.4, 0.5) is 5.69 Å². The lowest BCUT2D eigenvalue weighted by Crippen LogP contribution is -2.18. The number of carboxylic acid groups (broad SMARTS) is 1. The molecule has 0 heterocycles. The maximum Gasteiger partial charge on any atom is 0.339 e. The van der Waals surface area contributed by atoms with Crippen LogP contribution in [-0.4, -0.2) is 37.3 Å². The summed E-state index contributed by atoms with van der Waals surface area (Å²) in [4.78, 5) is 22.3. The van der Waals surface area contributed by atoms with Crippen LogP contribution >= 0.6 is 0 Å². The number of anilines is 1. The third-order valence-corrected chi connectivity index (χ3v) is 2.15. The van der Waals surface area contributed by atoms with Gasteiger partial charge in [0.05, 0.1) is 7.11 Å². The summed E-state index contributed by atoms with van der Waals surface area (Å²) in [6, 6.07) is 4.32. The highest BCUT2D eigenvalue weighted by Gasteiger charge is 2.12. The van der Waals surface area contributed by atoms with Crippen molar-refractivity contribution in [3.8, 4) is 5.75 Å². The minimum atomic E-state index is -1.08. The first-order chi connectivity index (χ1) is 8.58. The number of carboxylic acids is 1. The van der Waals surface area contributed by atoms with E-state index >= 15 is 0 Å². The Kier molecular flexibility index (Phi) is 5.13. The average molecular weight is 253 g/mol. The maximum absolute atomic E-state index is 11.4. The molecule has 6 nitrogen and oxygen atoms in total. The first kappa shape index (κ1) is 14.0. The quantitative estimate of drug-likeness (QED) is 0.799. The highest BCUT2D eigenvalue weighted by molar-refractivity contribution is 5.95. The predicted octanol–water partition coefficient (Wildman–Crippen LogP) is 1.37. The minimum Gasteiger partial charge on any atom is -0.496 e. The van der Waals surface area contributed by atoms with Crippen molar-refractivity contribution in [3.63, 3.8) is 0 Å². The van der Waals surface area contributed by atoms with Gasteiger partial charge in [0.25, 0.3) is 0 Å². The van der Waals surface area contributed by atoms with Crippen molar-refractivity contribution >= 4 is 17.6 Å².